The van der Waals surface area contributed by atoms with E-state index in [4.69, 9.17) is 22.7 Å². The van der Waals surface area contributed by atoms with E-state index in [2.05, 4.69) is 20.9 Å². The lowest BCUT2D eigenvalue weighted by molar-refractivity contribution is 0.478. The molecule has 0 bridgehead atoms. The molecule has 0 fully saturated rings. The van der Waals surface area contributed by atoms with E-state index in [-0.39, 0.29) is 0 Å². The van der Waals surface area contributed by atoms with Gasteiger partial charge in [0.2, 0.25) is 0 Å². The van der Waals surface area contributed by atoms with Crippen molar-refractivity contribution < 1.29 is 4.74 Å². The van der Waals surface area contributed by atoms with Crippen LogP contribution in [-0.4, -0.2) is 9.97 Å². The average Bonchev–Trinajstić information content (AvgIpc) is 2.36. The van der Waals surface area contributed by atoms with E-state index in [9.17, 15) is 0 Å². The lowest BCUT2D eigenvalue weighted by Crippen LogP contribution is -2.10. The highest BCUT2D eigenvalue weighted by Crippen LogP contribution is 2.30. The quantitative estimate of drug-likeness (QED) is 0.864. The molecule has 0 aliphatic rings. The van der Waals surface area contributed by atoms with Crippen molar-refractivity contribution in [3.8, 4) is 11.5 Å². The SMILES string of the molecule is Cc1cc(Oc2cnccc2C(N)=S)cc(C)c1Br. The fraction of sp³-hybridized carbons (Fsp3) is 0.143. The number of aryl methyl sites for hydroxylation is 2. The van der Waals surface area contributed by atoms with Gasteiger partial charge in [0.05, 0.1) is 11.8 Å². The van der Waals surface area contributed by atoms with Gasteiger partial charge in [-0.2, -0.15) is 0 Å². The summed E-state index contributed by atoms with van der Waals surface area (Å²) in [7, 11) is 0. The van der Waals surface area contributed by atoms with Crippen LogP contribution in [0.5, 0.6) is 11.5 Å². The van der Waals surface area contributed by atoms with Crippen LogP contribution in [-0.2, 0) is 0 Å². The Morgan fingerprint density at radius 1 is 1.32 bits per heavy atom. The van der Waals surface area contributed by atoms with E-state index in [0.29, 0.717) is 16.3 Å². The molecule has 1 heterocycles. The number of nitrogens with zero attached hydrogens (tertiary/aromatic N) is 1. The fourth-order valence-electron chi connectivity index (χ4n) is 1.76. The molecular formula is C14H13BrN2OS. The number of rotatable bonds is 3. The molecule has 0 saturated heterocycles. The minimum atomic E-state index is 0.294. The van der Waals surface area contributed by atoms with E-state index < -0.39 is 0 Å². The first-order valence-corrected chi connectivity index (χ1v) is 6.87. The Balaban J connectivity index is 2.39. The first kappa shape index (κ1) is 14.0. The maximum absolute atomic E-state index is 5.84. The molecule has 2 N–H and O–H groups in total. The van der Waals surface area contributed by atoms with Gasteiger partial charge < -0.3 is 10.5 Å². The second-order valence-corrected chi connectivity index (χ2v) is 5.44. The van der Waals surface area contributed by atoms with Crippen molar-refractivity contribution in [3.63, 3.8) is 0 Å². The Hall–Kier alpha value is -1.46. The van der Waals surface area contributed by atoms with Crippen LogP contribution >= 0.6 is 28.1 Å². The predicted molar refractivity (Wildman–Crippen MR) is 83.8 cm³/mol. The van der Waals surface area contributed by atoms with Gasteiger partial charge in [-0.25, -0.2) is 0 Å². The number of pyridine rings is 1. The Kier molecular flexibility index (Phi) is 4.17. The Bertz CT molecular complexity index is 620. The molecule has 19 heavy (non-hydrogen) atoms. The molecule has 0 atom stereocenters. The normalized spacial score (nSPS) is 10.3. The lowest BCUT2D eigenvalue weighted by Gasteiger charge is -2.12. The summed E-state index contributed by atoms with van der Waals surface area (Å²) in [6.07, 6.45) is 3.25. The number of ether oxygens (including phenoxy) is 1. The highest BCUT2D eigenvalue weighted by molar-refractivity contribution is 9.10. The monoisotopic (exact) mass is 336 g/mol. The average molecular weight is 337 g/mol. The van der Waals surface area contributed by atoms with Crippen molar-refractivity contribution in [2.24, 2.45) is 5.73 Å². The standard InChI is InChI=1S/C14H13BrN2OS/c1-8-5-10(6-9(2)13(8)15)18-12-7-17-4-3-11(12)14(16)19/h3-7H,1-2H3,(H2,16,19). The number of hydrogen-bond acceptors (Lipinski definition) is 3. The number of hydrogen-bond donors (Lipinski definition) is 1. The van der Waals surface area contributed by atoms with Crippen molar-refractivity contribution in [1.82, 2.24) is 4.98 Å². The number of thiocarbonyl (C=S) groups is 1. The van der Waals surface area contributed by atoms with Gasteiger partial charge in [-0.05, 0) is 43.2 Å². The van der Waals surface area contributed by atoms with Crippen LogP contribution in [0, 0.1) is 13.8 Å². The smallest absolute Gasteiger partial charge is 0.155 e. The molecule has 0 radical (unpaired) electrons. The molecule has 1 aromatic carbocycles. The Morgan fingerprint density at radius 3 is 2.53 bits per heavy atom. The molecule has 3 nitrogen and oxygen atoms in total. The summed E-state index contributed by atoms with van der Waals surface area (Å²) in [5.41, 5.74) is 8.57. The topological polar surface area (TPSA) is 48.1 Å². The summed E-state index contributed by atoms with van der Waals surface area (Å²) < 4.78 is 6.92. The van der Waals surface area contributed by atoms with Crippen molar-refractivity contribution in [2.75, 3.05) is 0 Å². The van der Waals surface area contributed by atoms with Crippen LogP contribution in [0.25, 0.3) is 0 Å². The first-order chi connectivity index (χ1) is 8.99. The van der Waals surface area contributed by atoms with Crippen molar-refractivity contribution in [3.05, 3.63) is 51.8 Å². The first-order valence-electron chi connectivity index (χ1n) is 5.67. The van der Waals surface area contributed by atoms with Crippen molar-refractivity contribution >= 4 is 33.1 Å². The second kappa shape index (κ2) is 5.67. The molecule has 0 aliphatic carbocycles. The molecule has 0 saturated carbocycles. The molecule has 98 valence electrons. The number of halogens is 1. The van der Waals surface area contributed by atoms with Gasteiger partial charge in [0.15, 0.2) is 5.75 Å². The van der Waals surface area contributed by atoms with Crippen LogP contribution in [0.2, 0.25) is 0 Å². The molecule has 0 amide bonds. The highest BCUT2D eigenvalue weighted by atomic mass is 79.9. The Labute approximate surface area is 125 Å². The van der Waals surface area contributed by atoms with Gasteiger partial charge in [-0.1, -0.05) is 28.1 Å². The minimum Gasteiger partial charge on any atom is -0.455 e. The molecule has 2 aromatic rings. The van der Waals surface area contributed by atoms with Gasteiger partial charge in [0, 0.05) is 10.7 Å². The van der Waals surface area contributed by atoms with E-state index in [1.165, 1.54) is 0 Å². The van der Waals surface area contributed by atoms with E-state index in [1.807, 2.05) is 26.0 Å². The third kappa shape index (κ3) is 3.11. The van der Waals surface area contributed by atoms with Crippen LogP contribution in [0.4, 0.5) is 0 Å². The van der Waals surface area contributed by atoms with Crippen LogP contribution < -0.4 is 10.5 Å². The summed E-state index contributed by atoms with van der Waals surface area (Å²) in [5.74, 6) is 1.31. The summed E-state index contributed by atoms with van der Waals surface area (Å²) in [4.78, 5) is 4.33. The largest absolute Gasteiger partial charge is 0.455 e. The molecule has 2 rings (SSSR count). The molecule has 5 heteroatoms. The summed E-state index contributed by atoms with van der Waals surface area (Å²) >= 11 is 8.53. The van der Waals surface area contributed by atoms with Crippen molar-refractivity contribution in [1.29, 1.82) is 0 Å². The Morgan fingerprint density at radius 2 is 1.95 bits per heavy atom. The second-order valence-electron chi connectivity index (χ2n) is 4.21. The fourth-order valence-corrected chi connectivity index (χ4v) is 2.15. The summed E-state index contributed by atoms with van der Waals surface area (Å²) in [6.45, 7) is 4.03. The molecule has 0 unspecified atom stereocenters. The minimum absolute atomic E-state index is 0.294. The third-order valence-corrected chi connectivity index (χ3v) is 4.16. The zero-order valence-corrected chi connectivity index (χ0v) is 13.0. The molecular weight excluding hydrogens is 324 g/mol. The molecule has 0 aliphatic heterocycles. The zero-order valence-electron chi connectivity index (χ0n) is 10.6. The van der Waals surface area contributed by atoms with Gasteiger partial charge in [-0.15, -0.1) is 0 Å². The summed E-state index contributed by atoms with van der Waals surface area (Å²) in [5, 5.41) is 0. The maximum Gasteiger partial charge on any atom is 0.155 e. The third-order valence-electron chi connectivity index (χ3n) is 2.69. The predicted octanol–water partition coefficient (Wildman–Crippen LogP) is 3.89. The summed E-state index contributed by atoms with van der Waals surface area (Å²) in [6, 6.07) is 5.65. The van der Waals surface area contributed by atoms with Crippen LogP contribution in [0.3, 0.4) is 0 Å². The number of nitrogens with two attached hydrogens (primary N) is 1. The van der Waals surface area contributed by atoms with Crippen LogP contribution in [0.1, 0.15) is 16.7 Å². The van der Waals surface area contributed by atoms with E-state index in [1.54, 1.807) is 18.5 Å². The highest BCUT2D eigenvalue weighted by Gasteiger charge is 2.09. The number of aromatic nitrogens is 1. The van der Waals surface area contributed by atoms with Crippen LogP contribution in [0.15, 0.2) is 35.1 Å². The van der Waals surface area contributed by atoms with E-state index >= 15 is 0 Å². The van der Waals surface area contributed by atoms with Gasteiger partial charge in [0.1, 0.15) is 10.7 Å². The molecule has 1 aromatic heterocycles. The van der Waals surface area contributed by atoms with Gasteiger partial charge in [-0.3, -0.25) is 4.98 Å². The van der Waals surface area contributed by atoms with E-state index in [0.717, 1.165) is 21.3 Å². The van der Waals surface area contributed by atoms with Gasteiger partial charge >= 0.3 is 0 Å². The van der Waals surface area contributed by atoms with Gasteiger partial charge in [0.25, 0.3) is 0 Å². The number of benzene rings is 1. The maximum atomic E-state index is 5.84. The lowest BCUT2D eigenvalue weighted by atomic mass is 10.1. The zero-order chi connectivity index (χ0) is 14.0. The molecule has 0 spiro atoms. The van der Waals surface area contributed by atoms with Crippen molar-refractivity contribution in [2.45, 2.75) is 13.8 Å².